The number of anilines is 2. The van der Waals surface area contributed by atoms with Crippen molar-refractivity contribution in [1.29, 1.82) is 0 Å². The summed E-state index contributed by atoms with van der Waals surface area (Å²) in [7, 11) is 1.29. The van der Waals surface area contributed by atoms with Crippen molar-refractivity contribution in [2.75, 3.05) is 17.7 Å². The van der Waals surface area contributed by atoms with Gasteiger partial charge in [-0.15, -0.1) is 5.10 Å². The fraction of sp³-hybridized carbons (Fsp3) is 0.150. The second-order valence-electron chi connectivity index (χ2n) is 6.23. The zero-order valence-electron chi connectivity index (χ0n) is 16.2. The zero-order valence-corrected chi connectivity index (χ0v) is 16.9. The molecule has 30 heavy (non-hydrogen) atoms. The highest BCUT2D eigenvalue weighted by Gasteiger charge is 2.19. The highest BCUT2D eigenvalue weighted by atomic mass is 35.5. The van der Waals surface area contributed by atoms with Crippen LogP contribution in [0.25, 0.3) is 0 Å². The van der Waals surface area contributed by atoms with Gasteiger partial charge in [0.15, 0.2) is 5.69 Å². The molecule has 154 valence electrons. The third-order valence-corrected chi connectivity index (χ3v) is 4.53. The number of carbonyl (C=O) groups excluding carboxylic acids is 3. The van der Waals surface area contributed by atoms with Crippen molar-refractivity contribution in [2.45, 2.75) is 13.5 Å². The Morgan fingerprint density at radius 3 is 2.43 bits per heavy atom. The van der Waals surface area contributed by atoms with Gasteiger partial charge in [-0.05, 0) is 43.3 Å². The van der Waals surface area contributed by atoms with E-state index >= 15 is 0 Å². The normalized spacial score (nSPS) is 10.4. The fourth-order valence-corrected chi connectivity index (χ4v) is 2.79. The lowest BCUT2D eigenvalue weighted by Crippen LogP contribution is -2.21. The predicted molar refractivity (Wildman–Crippen MR) is 111 cm³/mol. The maximum absolute atomic E-state index is 12.5. The zero-order chi connectivity index (χ0) is 21.7. The van der Waals surface area contributed by atoms with Crippen molar-refractivity contribution in [3.8, 4) is 0 Å². The second kappa shape index (κ2) is 9.19. The van der Waals surface area contributed by atoms with E-state index in [1.54, 1.807) is 55.5 Å². The molecule has 3 aromatic rings. The van der Waals surface area contributed by atoms with Crippen LogP contribution in [-0.4, -0.2) is 39.9 Å². The highest BCUT2D eigenvalue weighted by Crippen LogP contribution is 2.21. The van der Waals surface area contributed by atoms with Crippen LogP contribution in [0.15, 0.2) is 48.5 Å². The number of aromatic nitrogens is 3. The Hall–Kier alpha value is -3.72. The summed E-state index contributed by atoms with van der Waals surface area (Å²) in [4.78, 5) is 36.2. The molecule has 0 saturated carbocycles. The SMILES string of the molecule is COC(=O)c1ccc(NC(=O)Cn2nnc(C(=O)Nc3ccccc3Cl)c2C)cc1. The molecule has 2 N–H and O–H groups in total. The van der Waals surface area contributed by atoms with E-state index in [0.717, 1.165) is 0 Å². The number of methoxy groups -OCH3 is 1. The molecule has 9 nitrogen and oxygen atoms in total. The van der Waals surface area contributed by atoms with Gasteiger partial charge in [0.25, 0.3) is 5.91 Å². The van der Waals surface area contributed by atoms with Gasteiger partial charge in [-0.1, -0.05) is 28.9 Å². The lowest BCUT2D eigenvalue weighted by atomic mass is 10.2. The van der Waals surface area contributed by atoms with E-state index in [1.807, 2.05) is 0 Å². The molecule has 10 heteroatoms. The van der Waals surface area contributed by atoms with E-state index in [0.29, 0.717) is 27.7 Å². The maximum atomic E-state index is 12.5. The molecule has 1 aromatic heterocycles. The maximum Gasteiger partial charge on any atom is 0.337 e. The lowest BCUT2D eigenvalue weighted by molar-refractivity contribution is -0.117. The summed E-state index contributed by atoms with van der Waals surface area (Å²) in [5.74, 6) is -1.31. The number of ether oxygens (including phenoxy) is 1. The van der Waals surface area contributed by atoms with E-state index < -0.39 is 11.9 Å². The van der Waals surface area contributed by atoms with E-state index in [9.17, 15) is 14.4 Å². The number of amides is 2. The number of para-hydroxylation sites is 1. The van der Waals surface area contributed by atoms with Gasteiger partial charge in [0, 0.05) is 5.69 Å². The van der Waals surface area contributed by atoms with Crippen molar-refractivity contribution >= 4 is 40.8 Å². The van der Waals surface area contributed by atoms with Crippen LogP contribution in [-0.2, 0) is 16.1 Å². The number of hydrogen-bond donors (Lipinski definition) is 2. The first-order chi connectivity index (χ1) is 14.4. The van der Waals surface area contributed by atoms with Gasteiger partial charge in [-0.2, -0.15) is 0 Å². The van der Waals surface area contributed by atoms with Gasteiger partial charge in [0.1, 0.15) is 6.54 Å². The first kappa shape index (κ1) is 21.0. The van der Waals surface area contributed by atoms with Gasteiger partial charge < -0.3 is 15.4 Å². The van der Waals surface area contributed by atoms with Gasteiger partial charge in [0.2, 0.25) is 5.91 Å². The number of carbonyl (C=O) groups is 3. The van der Waals surface area contributed by atoms with Gasteiger partial charge in [-0.25, -0.2) is 9.48 Å². The number of benzene rings is 2. The number of nitrogens with one attached hydrogen (secondary N) is 2. The third-order valence-electron chi connectivity index (χ3n) is 4.20. The Kier molecular flexibility index (Phi) is 6.43. The first-order valence-electron chi connectivity index (χ1n) is 8.83. The smallest absolute Gasteiger partial charge is 0.337 e. The first-order valence-corrected chi connectivity index (χ1v) is 9.21. The van der Waals surface area contributed by atoms with Crippen molar-refractivity contribution in [1.82, 2.24) is 15.0 Å². The third kappa shape index (κ3) is 4.81. The number of nitrogens with zero attached hydrogens (tertiary/aromatic N) is 3. The Morgan fingerprint density at radius 2 is 1.77 bits per heavy atom. The Balaban J connectivity index is 1.64. The molecule has 0 radical (unpaired) electrons. The molecule has 0 aliphatic carbocycles. The van der Waals surface area contributed by atoms with Crippen LogP contribution in [0, 0.1) is 6.92 Å². The topological polar surface area (TPSA) is 115 Å². The molecule has 0 aliphatic rings. The molecular weight excluding hydrogens is 410 g/mol. The van der Waals surface area contributed by atoms with E-state index in [2.05, 4.69) is 25.7 Å². The second-order valence-corrected chi connectivity index (χ2v) is 6.64. The van der Waals surface area contributed by atoms with Crippen LogP contribution >= 0.6 is 11.6 Å². The lowest BCUT2D eigenvalue weighted by Gasteiger charge is -2.08. The average Bonchev–Trinajstić information content (AvgIpc) is 3.09. The molecule has 0 saturated heterocycles. The molecule has 0 aliphatic heterocycles. The molecular formula is C20H18ClN5O4. The summed E-state index contributed by atoms with van der Waals surface area (Å²) >= 11 is 6.05. The van der Waals surface area contributed by atoms with Gasteiger partial charge in [0.05, 0.1) is 29.1 Å². The van der Waals surface area contributed by atoms with Gasteiger partial charge >= 0.3 is 5.97 Å². The molecule has 2 amide bonds. The molecule has 2 aromatic carbocycles. The van der Waals surface area contributed by atoms with E-state index in [-0.39, 0.29) is 18.1 Å². The van der Waals surface area contributed by atoms with Crippen molar-refractivity contribution in [3.05, 3.63) is 70.5 Å². The van der Waals surface area contributed by atoms with Crippen LogP contribution in [0.4, 0.5) is 11.4 Å². The summed E-state index contributed by atoms with van der Waals surface area (Å²) in [6.07, 6.45) is 0. The van der Waals surface area contributed by atoms with E-state index in [4.69, 9.17) is 11.6 Å². The summed E-state index contributed by atoms with van der Waals surface area (Å²) < 4.78 is 5.95. The number of rotatable bonds is 6. The molecule has 1 heterocycles. The van der Waals surface area contributed by atoms with Crippen LogP contribution in [0.1, 0.15) is 26.5 Å². The minimum Gasteiger partial charge on any atom is -0.465 e. The predicted octanol–water partition coefficient (Wildman–Crippen LogP) is 2.92. The Morgan fingerprint density at radius 1 is 1.07 bits per heavy atom. The van der Waals surface area contributed by atoms with Crippen molar-refractivity contribution in [2.24, 2.45) is 0 Å². The van der Waals surface area contributed by atoms with Crippen LogP contribution in [0.3, 0.4) is 0 Å². The van der Waals surface area contributed by atoms with Crippen molar-refractivity contribution in [3.63, 3.8) is 0 Å². The van der Waals surface area contributed by atoms with E-state index in [1.165, 1.54) is 11.8 Å². The quantitative estimate of drug-likeness (QED) is 0.584. The molecule has 0 atom stereocenters. The fourth-order valence-electron chi connectivity index (χ4n) is 2.61. The Bertz CT molecular complexity index is 1090. The minimum atomic E-state index is -0.481. The monoisotopic (exact) mass is 427 g/mol. The van der Waals surface area contributed by atoms with Crippen molar-refractivity contribution < 1.29 is 19.1 Å². The molecule has 0 bridgehead atoms. The number of hydrogen-bond acceptors (Lipinski definition) is 6. The number of halogens is 1. The van der Waals surface area contributed by atoms with Gasteiger partial charge in [-0.3, -0.25) is 9.59 Å². The van der Waals surface area contributed by atoms with Crippen LogP contribution < -0.4 is 10.6 Å². The molecule has 0 unspecified atom stereocenters. The van der Waals surface area contributed by atoms with Crippen LogP contribution in [0.2, 0.25) is 5.02 Å². The highest BCUT2D eigenvalue weighted by molar-refractivity contribution is 6.33. The summed E-state index contributed by atoms with van der Waals surface area (Å²) in [5.41, 5.74) is 1.84. The minimum absolute atomic E-state index is 0.0881. The standard InChI is InChI=1S/C20H18ClN5O4/c1-12-18(19(28)23-16-6-4-3-5-15(16)21)24-25-26(12)11-17(27)22-14-9-7-13(8-10-14)20(29)30-2/h3-10H,11H2,1-2H3,(H,22,27)(H,23,28). The number of esters is 1. The summed E-state index contributed by atoms with van der Waals surface area (Å²) in [5, 5.41) is 13.5. The average molecular weight is 428 g/mol. The Labute approximate surface area is 177 Å². The van der Waals surface area contributed by atoms with Crippen LogP contribution in [0.5, 0.6) is 0 Å². The summed E-state index contributed by atoms with van der Waals surface area (Å²) in [6, 6.07) is 13.1. The largest absolute Gasteiger partial charge is 0.465 e. The molecule has 0 fully saturated rings. The molecule has 3 rings (SSSR count). The molecule has 0 spiro atoms. The summed E-state index contributed by atoms with van der Waals surface area (Å²) in [6.45, 7) is 1.50.